The lowest BCUT2D eigenvalue weighted by Gasteiger charge is -2.17. The van der Waals surface area contributed by atoms with E-state index in [0.717, 1.165) is 6.42 Å². The average Bonchev–Trinajstić information content (AvgIpc) is 3.29. The Morgan fingerprint density at radius 1 is 1.14 bits per heavy atom. The fourth-order valence-electron chi connectivity index (χ4n) is 3.44. The summed E-state index contributed by atoms with van der Waals surface area (Å²) < 4.78 is 7.13. The minimum absolute atomic E-state index is 0.129. The third-order valence-corrected chi connectivity index (χ3v) is 4.99. The number of aliphatic hydroxyl groups is 3. The fourth-order valence-corrected chi connectivity index (χ4v) is 3.44. The third-order valence-electron chi connectivity index (χ3n) is 4.99. The Labute approximate surface area is 167 Å². The smallest absolute Gasteiger partial charge is 0.168 e. The zero-order chi connectivity index (χ0) is 20.4. The molecule has 1 saturated heterocycles. The van der Waals surface area contributed by atoms with Gasteiger partial charge in [0.15, 0.2) is 23.2 Å². The van der Waals surface area contributed by atoms with E-state index in [1.165, 1.54) is 16.5 Å². The highest BCUT2D eigenvalue weighted by Crippen LogP contribution is 2.32. The highest BCUT2D eigenvalue weighted by molar-refractivity contribution is 5.83. The maximum atomic E-state index is 10.3. The molecule has 29 heavy (non-hydrogen) atoms. The second-order valence-corrected chi connectivity index (χ2v) is 6.91. The summed E-state index contributed by atoms with van der Waals surface area (Å²) in [7, 11) is 0. The number of hydrogen-bond acceptors (Lipinski definition) is 9. The van der Waals surface area contributed by atoms with Gasteiger partial charge in [0.2, 0.25) is 0 Å². The molecule has 2 aromatic heterocycles. The lowest BCUT2D eigenvalue weighted by Crippen LogP contribution is -2.33. The summed E-state index contributed by atoms with van der Waals surface area (Å²) in [4.78, 5) is 13.2. The standard InChI is InChI=1S/C19H24N6O4/c20-8-13-23-17(21-7-6-11-4-2-1-3-5-11)14-18(24-13)25(10-22-14)19-16(28)15(27)12(9-26)29-19/h1-5,10,12,15-16,19,26-28H,6-9,20H2,(H,21,23,24). The van der Waals surface area contributed by atoms with Crippen molar-refractivity contribution in [2.75, 3.05) is 18.5 Å². The summed E-state index contributed by atoms with van der Waals surface area (Å²) in [5.41, 5.74) is 7.89. The largest absolute Gasteiger partial charge is 0.394 e. The van der Waals surface area contributed by atoms with E-state index < -0.39 is 31.1 Å². The molecule has 3 heterocycles. The van der Waals surface area contributed by atoms with Crippen molar-refractivity contribution in [3.8, 4) is 0 Å². The van der Waals surface area contributed by atoms with Crippen molar-refractivity contribution in [3.05, 3.63) is 48.0 Å². The summed E-state index contributed by atoms with van der Waals surface area (Å²) >= 11 is 0. The van der Waals surface area contributed by atoms with Crippen LogP contribution >= 0.6 is 0 Å². The van der Waals surface area contributed by atoms with Crippen LogP contribution in [0, 0.1) is 0 Å². The van der Waals surface area contributed by atoms with Crippen molar-refractivity contribution in [2.45, 2.75) is 37.5 Å². The lowest BCUT2D eigenvalue weighted by atomic mass is 10.1. The number of nitrogens with zero attached hydrogens (tertiary/aromatic N) is 4. The summed E-state index contributed by atoms with van der Waals surface area (Å²) in [6.07, 6.45) is -1.96. The SMILES string of the molecule is NCc1nc(NCCc2ccccc2)c2ncn(C3OC(CO)C(O)C3O)c2n1. The Kier molecular flexibility index (Phi) is 5.69. The molecular weight excluding hydrogens is 376 g/mol. The number of benzene rings is 1. The van der Waals surface area contributed by atoms with Crippen molar-refractivity contribution in [1.82, 2.24) is 19.5 Å². The van der Waals surface area contributed by atoms with Crippen LogP contribution in [0.15, 0.2) is 36.7 Å². The molecule has 0 saturated carbocycles. The first-order chi connectivity index (χ1) is 14.1. The zero-order valence-corrected chi connectivity index (χ0v) is 15.7. The highest BCUT2D eigenvalue weighted by atomic mass is 16.6. The topological polar surface area (TPSA) is 152 Å². The van der Waals surface area contributed by atoms with E-state index in [1.54, 1.807) is 0 Å². The van der Waals surface area contributed by atoms with Crippen LogP contribution in [0.5, 0.6) is 0 Å². The van der Waals surface area contributed by atoms with Gasteiger partial charge < -0.3 is 31.1 Å². The van der Waals surface area contributed by atoms with Crippen LogP contribution in [0.25, 0.3) is 11.2 Å². The predicted octanol–water partition coefficient (Wildman–Crippen LogP) is -0.449. The Balaban J connectivity index is 1.61. The molecule has 1 aliphatic heterocycles. The molecule has 4 unspecified atom stereocenters. The van der Waals surface area contributed by atoms with Gasteiger partial charge in [-0.15, -0.1) is 0 Å². The van der Waals surface area contributed by atoms with E-state index in [2.05, 4.69) is 32.4 Å². The van der Waals surface area contributed by atoms with Gasteiger partial charge in [-0.2, -0.15) is 0 Å². The third kappa shape index (κ3) is 3.80. The molecule has 0 radical (unpaired) electrons. The molecular formula is C19H24N6O4. The molecule has 4 atom stereocenters. The van der Waals surface area contributed by atoms with E-state index in [-0.39, 0.29) is 6.54 Å². The van der Waals surface area contributed by atoms with Crippen molar-refractivity contribution in [1.29, 1.82) is 0 Å². The fraction of sp³-hybridized carbons (Fsp3) is 0.421. The Bertz CT molecular complexity index is 966. The van der Waals surface area contributed by atoms with Gasteiger partial charge in [0, 0.05) is 6.54 Å². The van der Waals surface area contributed by atoms with Crippen molar-refractivity contribution in [3.63, 3.8) is 0 Å². The monoisotopic (exact) mass is 400 g/mol. The maximum absolute atomic E-state index is 10.3. The van der Waals surface area contributed by atoms with Crippen molar-refractivity contribution >= 4 is 17.0 Å². The maximum Gasteiger partial charge on any atom is 0.168 e. The van der Waals surface area contributed by atoms with Gasteiger partial charge in [-0.25, -0.2) is 15.0 Å². The summed E-state index contributed by atoms with van der Waals surface area (Å²) in [5, 5.41) is 33.0. The molecule has 1 fully saturated rings. The van der Waals surface area contributed by atoms with Gasteiger partial charge >= 0.3 is 0 Å². The number of rotatable bonds is 7. The molecule has 154 valence electrons. The molecule has 0 aliphatic carbocycles. The summed E-state index contributed by atoms with van der Waals surface area (Å²) in [5.74, 6) is 0.949. The van der Waals surface area contributed by atoms with Gasteiger partial charge in [0.05, 0.1) is 19.5 Å². The van der Waals surface area contributed by atoms with Gasteiger partial charge in [0.25, 0.3) is 0 Å². The predicted molar refractivity (Wildman–Crippen MR) is 105 cm³/mol. The average molecular weight is 400 g/mol. The van der Waals surface area contributed by atoms with Gasteiger partial charge in [-0.3, -0.25) is 4.57 Å². The van der Waals surface area contributed by atoms with Crippen LogP contribution < -0.4 is 11.1 Å². The number of hydrogen-bond donors (Lipinski definition) is 5. The van der Waals surface area contributed by atoms with E-state index >= 15 is 0 Å². The number of aromatic nitrogens is 4. The molecule has 4 rings (SSSR count). The lowest BCUT2D eigenvalue weighted by molar-refractivity contribution is -0.0511. The molecule has 10 nitrogen and oxygen atoms in total. The van der Waals surface area contributed by atoms with E-state index in [4.69, 9.17) is 10.5 Å². The molecule has 1 aliphatic rings. The Hall–Kier alpha value is -2.63. The molecule has 3 aromatic rings. The van der Waals surface area contributed by atoms with Gasteiger partial charge in [-0.05, 0) is 12.0 Å². The minimum Gasteiger partial charge on any atom is -0.394 e. The van der Waals surface area contributed by atoms with Crippen molar-refractivity contribution in [2.24, 2.45) is 5.73 Å². The molecule has 0 amide bonds. The number of nitrogens with one attached hydrogen (secondary N) is 1. The zero-order valence-electron chi connectivity index (χ0n) is 15.7. The number of imidazole rings is 1. The number of fused-ring (bicyclic) bond motifs is 1. The van der Waals surface area contributed by atoms with Crippen LogP contribution in [0.2, 0.25) is 0 Å². The normalized spacial score (nSPS) is 24.3. The van der Waals surface area contributed by atoms with Crippen LogP contribution in [0.3, 0.4) is 0 Å². The Morgan fingerprint density at radius 3 is 2.62 bits per heavy atom. The summed E-state index contributed by atoms with van der Waals surface area (Å²) in [6, 6.07) is 10.1. The molecule has 0 bridgehead atoms. The van der Waals surface area contributed by atoms with Gasteiger partial charge in [0.1, 0.15) is 24.1 Å². The van der Waals surface area contributed by atoms with Gasteiger partial charge in [-0.1, -0.05) is 30.3 Å². The molecule has 1 aromatic carbocycles. The Morgan fingerprint density at radius 2 is 1.93 bits per heavy atom. The number of nitrogens with two attached hydrogens (primary N) is 1. The summed E-state index contributed by atoms with van der Waals surface area (Å²) in [6.45, 7) is 0.363. The molecule has 6 N–H and O–H groups in total. The molecule has 10 heteroatoms. The van der Waals surface area contributed by atoms with Crippen LogP contribution in [0.4, 0.5) is 5.82 Å². The van der Waals surface area contributed by atoms with Crippen LogP contribution in [0.1, 0.15) is 17.6 Å². The second-order valence-electron chi connectivity index (χ2n) is 6.91. The number of aliphatic hydroxyl groups excluding tert-OH is 3. The highest BCUT2D eigenvalue weighted by Gasteiger charge is 2.44. The van der Waals surface area contributed by atoms with Crippen molar-refractivity contribution < 1.29 is 20.1 Å². The first-order valence-electron chi connectivity index (χ1n) is 9.46. The molecule has 0 spiro atoms. The number of ether oxygens (including phenoxy) is 1. The quantitative estimate of drug-likeness (QED) is 0.355. The van der Waals surface area contributed by atoms with E-state index in [9.17, 15) is 15.3 Å². The van der Waals surface area contributed by atoms with Crippen LogP contribution in [-0.4, -0.2) is 66.3 Å². The minimum atomic E-state index is -1.23. The van der Waals surface area contributed by atoms with Crippen LogP contribution in [-0.2, 0) is 17.7 Å². The first-order valence-corrected chi connectivity index (χ1v) is 9.46. The number of anilines is 1. The second kappa shape index (κ2) is 8.39. The van der Waals surface area contributed by atoms with E-state index in [0.29, 0.717) is 29.4 Å². The first kappa shape index (κ1) is 19.7. The van der Waals surface area contributed by atoms with E-state index in [1.807, 2.05) is 18.2 Å².